The van der Waals surface area contributed by atoms with Crippen LogP contribution >= 0.6 is 0 Å². The first-order valence-electron chi connectivity index (χ1n) is 23.8. The highest BCUT2D eigenvalue weighted by Crippen LogP contribution is 2.38. The number of ether oxygens (including phenoxy) is 4. The van der Waals surface area contributed by atoms with Gasteiger partial charge in [-0.25, -0.2) is 4.79 Å². The molecule has 0 unspecified atom stereocenters. The number of aldehydes is 1. The Labute approximate surface area is 386 Å². The van der Waals surface area contributed by atoms with Gasteiger partial charge in [0.15, 0.2) is 0 Å². The second kappa shape index (κ2) is 24.9. The van der Waals surface area contributed by atoms with Crippen LogP contribution in [0, 0.1) is 41.4 Å². The summed E-state index contributed by atoms with van der Waals surface area (Å²) in [7, 11) is 3.12. The van der Waals surface area contributed by atoms with E-state index in [0.717, 1.165) is 5.57 Å². The first-order chi connectivity index (χ1) is 30.7. The van der Waals surface area contributed by atoms with E-state index < -0.39 is 89.5 Å². The number of esters is 1. The van der Waals surface area contributed by atoms with Crippen LogP contribution in [0.15, 0.2) is 47.6 Å². The van der Waals surface area contributed by atoms with Crippen LogP contribution in [0.25, 0.3) is 0 Å². The first kappa shape index (κ1) is 54.0. The van der Waals surface area contributed by atoms with Crippen molar-refractivity contribution in [2.45, 2.75) is 174 Å². The van der Waals surface area contributed by atoms with Crippen LogP contribution in [0.5, 0.6) is 0 Å². The van der Waals surface area contributed by atoms with E-state index in [0.29, 0.717) is 70.5 Å². The number of allylic oxidation sites excluding steroid dienone is 6. The number of ketones is 3. The molecule has 364 valence electrons. The number of amides is 1. The van der Waals surface area contributed by atoms with Gasteiger partial charge in [0.2, 0.25) is 5.79 Å². The molecule has 3 fully saturated rings. The van der Waals surface area contributed by atoms with Crippen molar-refractivity contribution in [3.63, 3.8) is 0 Å². The molecule has 0 aromatic carbocycles. The van der Waals surface area contributed by atoms with E-state index in [1.54, 1.807) is 41.9 Å². The molecule has 0 aromatic heterocycles. The van der Waals surface area contributed by atoms with E-state index >= 15 is 0 Å². The normalized spacial score (nSPS) is 39.0. The summed E-state index contributed by atoms with van der Waals surface area (Å²) in [5.41, 5.74) is 1.14. The lowest BCUT2D eigenvalue weighted by Crippen LogP contribution is -2.61. The molecule has 2 bridgehead atoms. The van der Waals surface area contributed by atoms with Gasteiger partial charge in [-0.2, -0.15) is 0 Å². The number of aliphatic hydroxyl groups excluding tert-OH is 2. The second-order valence-corrected chi connectivity index (χ2v) is 19.6. The zero-order chi connectivity index (χ0) is 48.2. The minimum absolute atomic E-state index is 0.0411. The lowest BCUT2D eigenvalue weighted by Gasteiger charge is -2.42. The van der Waals surface area contributed by atoms with E-state index in [-0.39, 0.29) is 54.6 Å². The average Bonchev–Trinajstić information content (AvgIpc) is 3.28. The van der Waals surface area contributed by atoms with E-state index in [2.05, 4.69) is 0 Å². The minimum Gasteiger partial charge on any atom is -0.460 e. The summed E-state index contributed by atoms with van der Waals surface area (Å²) in [5, 5.41) is 33.7. The standard InChI is InChI=1S/C51H77NO13/c1-30-15-11-10-12-16-31(2)43(62-8)27-38-20-18-36(7)51(61,65-38)48(58)49(59)52-22-14-13-17-40(52)50(60)64-44(33(4)25-37-19-21-41(54)45(26-37)63-9)28-42(55)32(3)24-35(6)47(57)39(29-53)46(56)34(5)23-30/h10-12,15-16,24,29-30,32-34,36-41,43-45,47,54,57,61H,13-14,17-23,25-28H2,1-9H3/b12-10?,15-11+,31-16?,35-24+/t30-,32-,33-,34-,36-,37+,38+,39+,40+,41-,43+,44+,45-,47-,51-/m1/s1. The Morgan fingerprint density at radius 2 is 1.62 bits per heavy atom. The summed E-state index contributed by atoms with van der Waals surface area (Å²) in [5.74, 6) is -9.83. The van der Waals surface area contributed by atoms with Gasteiger partial charge in [0.25, 0.3) is 11.7 Å². The van der Waals surface area contributed by atoms with Crippen molar-refractivity contribution in [2.75, 3.05) is 20.8 Å². The maximum absolute atomic E-state index is 14.3. The van der Waals surface area contributed by atoms with E-state index in [1.807, 2.05) is 51.2 Å². The van der Waals surface area contributed by atoms with Crippen LogP contribution in [-0.2, 0) is 47.7 Å². The molecule has 65 heavy (non-hydrogen) atoms. The number of fused-ring (bicyclic) bond motifs is 3. The Kier molecular flexibility index (Phi) is 20.7. The number of Topliss-reactive ketones (excluding diaryl/α,β-unsaturated/α-hetero) is 3. The Morgan fingerprint density at radius 3 is 2.29 bits per heavy atom. The number of aliphatic hydroxyl groups is 3. The van der Waals surface area contributed by atoms with Gasteiger partial charge in [-0.1, -0.05) is 71.1 Å². The van der Waals surface area contributed by atoms with Gasteiger partial charge in [0.05, 0.1) is 30.5 Å². The molecule has 4 rings (SSSR count). The Morgan fingerprint density at radius 1 is 0.892 bits per heavy atom. The molecule has 0 radical (unpaired) electrons. The highest BCUT2D eigenvalue weighted by molar-refractivity contribution is 6.39. The summed E-state index contributed by atoms with van der Waals surface area (Å²) >= 11 is 0. The Balaban J connectivity index is 1.70. The van der Waals surface area contributed by atoms with E-state index in [1.165, 1.54) is 11.0 Å². The summed E-state index contributed by atoms with van der Waals surface area (Å²) in [4.78, 5) is 83.9. The fourth-order valence-corrected chi connectivity index (χ4v) is 10.1. The zero-order valence-electron chi connectivity index (χ0n) is 40.2. The van der Waals surface area contributed by atoms with Crippen molar-refractivity contribution in [1.82, 2.24) is 4.90 Å². The molecule has 3 aliphatic heterocycles. The van der Waals surface area contributed by atoms with Crippen LogP contribution < -0.4 is 0 Å². The molecule has 0 spiro atoms. The highest BCUT2D eigenvalue weighted by Gasteiger charge is 2.53. The predicted octanol–water partition coefficient (Wildman–Crippen LogP) is 5.98. The molecule has 0 aromatic rings. The van der Waals surface area contributed by atoms with Gasteiger partial charge in [0.1, 0.15) is 35.9 Å². The number of methoxy groups -OCH3 is 2. The highest BCUT2D eigenvalue weighted by atomic mass is 16.6. The summed E-state index contributed by atoms with van der Waals surface area (Å²) in [6.45, 7) is 12.4. The van der Waals surface area contributed by atoms with Crippen LogP contribution in [-0.4, -0.2) is 125 Å². The molecule has 14 nitrogen and oxygen atoms in total. The number of piperidine rings is 1. The maximum atomic E-state index is 14.3. The minimum atomic E-state index is -2.44. The SMILES string of the molecule is CO[C@H]1C[C@@H]2CC[C@@H](C)[C@@](O)(O2)C(=O)C(=O)N2CCCC[C@H]2C(=O)O[C@H]([C@H](C)C[C@@H]2CC[C@@H](O)[C@H](OC)C2)CC(=O)[C@H](C)/C=C(\C)[C@@H](O)[C@@H](C=O)C(=O)[C@H](C)C[C@H](C)/C=C/C=CC=C1C. The van der Waals surface area contributed by atoms with Gasteiger partial charge in [0, 0.05) is 51.4 Å². The number of cyclic esters (lactones) is 1. The van der Waals surface area contributed by atoms with Crippen LogP contribution in [0.2, 0.25) is 0 Å². The number of carbonyl (C=O) groups excluding carboxylic acids is 6. The fraction of sp³-hybridized carbons (Fsp3) is 0.725. The molecular weight excluding hydrogens is 835 g/mol. The average molecular weight is 912 g/mol. The number of nitrogens with zero attached hydrogens (tertiary/aromatic N) is 1. The summed E-state index contributed by atoms with van der Waals surface area (Å²) < 4.78 is 23.7. The predicted molar refractivity (Wildman–Crippen MR) is 244 cm³/mol. The molecule has 1 aliphatic carbocycles. The van der Waals surface area contributed by atoms with Crippen molar-refractivity contribution in [3.05, 3.63) is 47.6 Å². The Bertz CT molecular complexity index is 1790. The van der Waals surface area contributed by atoms with Gasteiger partial charge in [-0.15, -0.1) is 0 Å². The number of carbonyl (C=O) groups is 6. The molecule has 2 saturated heterocycles. The molecule has 1 saturated carbocycles. The number of hydrogen-bond donors (Lipinski definition) is 3. The zero-order valence-corrected chi connectivity index (χ0v) is 40.2. The van der Waals surface area contributed by atoms with Crippen molar-refractivity contribution in [3.8, 4) is 0 Å². The molecule has 1 amide bonds. The quantitative estimate of drug-likeness (QED) is 0.0925. The second-order valence-electron chi connectivity index (χ2n) is 19.6. The first-order valence-corrected chi connectivity index (χ1v) is 23.8. The fourth-order valence-electron chi connectivity index (χ4n) is 10.1. The van der Waals surface area contributed by atoms with Crippen molar-refractivity contribution >= 4 is 35.5 Å². The van der Waals surface area contributed by atoms with Crippen LogP contribution in [0.3, 0.4) is 0 Å². The topological polar surface area (TPSA) is 203 Å². The van der Waals surface area contributed by atoms with Gasteiger partial charge in [-0.05, 0) is 107 Å². The van der Waals surface area contributed by atoms with Crippen molar-refractivity contribution in [1.29, 1.82) is 0 Å². The third-order valence-electron chi connectivity index (χ3n) is 14.5. The summed E-state index contributed by atoms with van der Waals surface area (Å²) in [6, 6.07) is -1.16. The largest absolute Gasteiger partial charge is 0.460 e. The van der Waals surface area contributed by atoms with Gasteiger partial charge < -0.3 is 44.0 Å². The number of rotatable bonds is 6. The van der Waals surface area contributed by atoms with Gasteiger partial charge in [-0.3, -0.25) is 19.2 Å². The molecular formula is C51H77NO13. The molecule has 4 aliphatic rings. The van der Waals surface area contributed by atoms with E-state index in [9.17, 15) is 44.1 Å². The lowest BCUT2D eigenvalue weighted by molar-refractivity contribution is -0.265. The molecule has 14 heteroatoms. The molecule has 3 N–H and O–H groups in total. The number of hydrogen-bond acceptors (Lipinski definition) is 13. The molecule has 15 atom stereocenters. The third kappa shape index (κ3) is 14.2. The lowest BCUT2D eigenvalue weighted by atomic mass is 9.78. The smallest absolute Gasteiger partial charge is 0.329 e. The van der Waals surface area contributed by atoms with Crippen molar-refractivity contribution < 1.29 is 63.0 Å². The van der Waals surface area contributed by atoms with Crippen molar-refractivity contribution in [2.24, 2.45) is 41.4 Å². The summed E-state index contributed by atoms with van der Waals surface area (Å²) in [6.07, 6.45) is 12.1. The Hall–Kier alpha value is -3.66. The van der Waals surface area contributed by atoms with Crippen LogP contribution in [0.1, 0.15) is 126 Å². The third-order valence-corrected chi connectivity index (χ3v) is 14.5. The molecule has 3 heterocycles. The van der Waals surface area contributed by atoms with Crippen LogP contribution in [0.4, 0.5) is 0 Å². The van der Waals surface area contributed by atoms with Gasteiger partial charge >= 0.3 is 5.97 Å². The maximum Gasteiger partial charge on any atom is 0.329 e. The van der Waals surface area contributed by atoms with E-state index in [4.69, 9.17) is 18.9 Å². The monoisotopic (exact) mass is 912 g/mol.